The van der Waals surface area contributed by atoms with Crippen molar-refractivity contribution in [3.63, 3.8) is 0 Å². The molecule has 0 fully saturated rings. The maximum absolute atomic E-state index is 13.6. The lowest BCUT2D eigenvalue weighted by Gasteiger charge is -2.12. The van der Waals surface area contributed by atoms with Gasteiger partial charge in [-0.1, -0.05) is 17.7 Å². The molecule has 2 aromatic rings. The van der Waals surface area contributed by atoms with Crippen LogP contribution in [-0.2, 0) is 0 Å². The summed E-state index contributed by atoms with van der Waals surface area (Å²) in [5, 5.41) is 3.10. The van der Waals surface area contributed by atoms with Gasteiger partial charge in [0.05, 0.1) is 10.7 Å². The molecule has 0 amide bonds. The molecule has 0 atom stereocenters. The highest BCUT2D eigenvalue weighted by atomic mass is 35.5. The number of aromatic nitrogens is 2. The van der Waals surface area contributed by atoms with Crippen molar-refractivity contribution in [2.24, 2.45) is 5.84 Å². The van der Waals surface area contributed by atoms with E-state index in [1.54, 1.807) is 13.0 Å². The summed E-state index contributed by atoms with van der Waals surface area (Å²) in [5.74, 6) is 5.74. The predicted octanol–water partition coefficient (Wildman–Crippen LogP) is 2.61. The molecule has 0 saturated carbocycles. The van der Waals surface area contributed by atoms with E-state index in [-0.39, 0.29) is 10.7 Å². The van der Waals surface area contributed by atoms with Crippen molar-refractivity contribution in [3.05, 3.63) is 40.9 Å². The zero-order valence-electron chi connectivity index (χ0n) is 9.54. The number of hydrogen-bond acceptors (Lipinski definition) is 5. The Bertz CT molecular complexity index is 555. The van der Waals surface area contributed by atoms with E-state index in [2.05, 4.69) is 20.7 Å². The molecule has 0 aliphatic carbocycles. The highest BCUT2D eigenvalue weighted by Gasteiger charge is 2.11. The van der Waals surface area contributed by atoms with Crippen LogP contribution < -0.4 is 16.6 Å². The van der Waals surface area contributed by atoms with Crippen molar-refractivity contribution in [2.45, 2.75) is 6.92 Å². The van der Waals surface area contributed by atoms with Gasteiger partial charge in [0.2, 0.25) is 0 Å². The fraction of sp³-hybridized carbons (Fsp3) is 0.0909. The summed E-state index contributed by atoms with van der Waals surface area (Å²) in [7, 11) is 0. The van der Waals surface area contributed by atoms with Gasteiger partial charge in [-0.25, -0.2) is 20.2 Å². The number of hydrazine groups is 1. The number of nitrogens with one attached hydrogen (secondary N) is 2. The molecule has 0 aliphatic heterocycles. The fourth-order valence-electron chi connectivity index (χ4n) is 1.46. The zero-order valence-corrected chi connectivity index (χ0v) is 10.3. The highest BCUT2D eigenvalue weighted by molar-refractivity contribution is 6.33. The molecule has 5 nitrogen and oxygen atoms in total. The third-order valence-electron chi connectivity index (χ3n) is 2.43. The summed E-state index contributed by atoms with van der Waals surface area (Å²) in [5.41, 5.74) is 3.27. The van der Waals surface area contributed by atoms with Crippen LogP contribution in [0, 0.1) is 12.7 Å². The van der Waals surface area contributed by atoms with Crippen molar-refractivity contribution in [1.82, 2.24) is 9.97 Å². The van der Waals surface area contributed by atoms with Gasteiger partial charge in [-0.15, -0.1) is 0 Å². The number of nitrogen functional groups attached to an aromatic ring is 1. The smallest absolute Gasteiger partial charge is 0.148 e. The molecule has 0 bridgehead atoms. The number of benzene rings is 1. The lowest BCUT2D eigenvalue weighted by atomic mass is 10.2. The molecule has 0 radical (unpaired) electrons. The summed E-state index contributed by atoms with van der Waals surface area (Å²) in [6.45, 7) is 1.76. The second-order valence-corrected chi connectivity index (χ2v) is 3.97. The normalized spacial score (nSPS) is 10.2. The molecule has 4 N–H and O–H groups in total. The van der Waals surface area contributed by atoms with E-state index in [9.17, 15) is 4.39 Å². The van der Waals surface area contributed by atoms with E-state index in [0.29, 0.717) is 17.2 Å². The number of rotatable bonds is 3. The van der Waals surface area contributed by atoms with Crippen molar-refractivity contribution in [2.75, 3.05) is 10.7 Å². The third-order valence-corrected chi connectivity index (χ3v) is 2.74. The lowest BCUT2D eigenvalue weighted by Crippen LogP contribution is -2.12. The van der Waals surface area contributed by atoms with Gasteiger partial charge >= 0.3 is 0 Å². The van der Waals surface area contributed by atoms with E-state index in [1.165, 1.54) is 18.5 Å². The van der Waals surface area contributed by atoms with Crippen LogP contribution in [-0.4, -0.2) is 9.97 Å². The number of para-hydroxylation sites is 1. The summed E-state index contributed by atoms with van der Waals surface area (Å²) >= 11 is 5.92. The molecular weight excluding hydrogens is 257 g/mol. The van der Waals surface area contributed by atoms with Crippen LogP contribution in [0.3, 0.4) is 0 Å². The van der Waals surface area contributed by atoms with E-state index < -0.39 is 5.82 Å². The van der Waals surface area contributed by atoms with E-state index in [4.69, 9.17) is 17.4 Å². The topological polar surface area (TPSA) is 75.9 Å². The van der Waals surface area contributed by atoms with Crippen molar-refractivity contribution in [1.29, 1.82) is 0 Å². The Labute approximate surface area is 108 Å². The number of nitrogens with two attached hydrogens (primary N) is 1. The molecule has 2 rings (SSSR count). The first-order chi connectivity index (χ1) is 8.63. The standard InChI is InChI=1S/C11H11ClFN5/c1-6-10(15-5-16-11(6)18-14)17-9-7(12)3-2-4-8(9)13/h2-5H,14H2,1H3,(H2,15,16,17,18). The number of nitrogens with zero attached hydrogens (tertiary/aromatic N) is 2. The molecule has 0 saturated heterocycles. The third kappa shape index (κ3) is 2.34. The molecule has 94 valence electrons. The van der Waals surface area contributed by atoms with Gasteiger partial charge in [-0.3, -0.25) is 0 Å². The van der Waals surface area contributed by atoms with Gasteiger partial charge in [0.15, 0.2) is 0 Å². The summed E-state index contributed by atoms with van der Waals surface area (Å²) in [6, 6.07) is 4.43. The Balaban J connectivity index is 2.40. The number of anilines is 3. The van der Waals surface area contributed by atoms with Gasteiger partial charge in [-0.05, 0) is 19.1 Å². The van der Waals surface area contributed by atoms with Crippen LogP contribution in [0.4, 0.5) is 21.7 Å². The molecule has 1 aromatic carbocycles. The Morgan fingerprint density at radius 3 is 2.67 bits per heavy atom. The van der Waals surface area contributed by atoms with Crippen molar-refractivity contribution in [3.8, 4) is 0 Å². The average Bonchev–Trinajstić information content (AvgIpc) is 2.36. The van der Waals surface area contributed by atoms with Crippen LogP contribution in [0.1, 0.15) is 5.56 Å². The molecule has 7 heteroatoms. The SMILES string of the molecule is Cc1c(NN)ncnc1Nc1c(F)cccc1Cl. The minimum Gasteiger partial charge on any atom is -0.336 e. The summed E-state index contributed by atoms with van der Waals surface area (Å²) < 4.78 is 13.6. The van der Waals surface area contributed by atoms with Crippen LogP contribution in [0.25, 0.3) is 0 Å². The minimum atomic E-state index is -0.456. The average molecular weight is 268 g/mol. The Hall–Kier alpha value is -1.92. The fourth-order valence-corrected chi connectivity index (χ4v) is 1.67. The van der Waals surface area contributed by atoms with Gasteiger partial charge in [-0.2, -0.15) is 0 Å². The highest BCUT2D eigenvalue weighted by Crippen LogP contribution is 2.29. The Morgan fingerprint density at radius 2 is 2.00 bits per heavy atom. The van der Waals surface area contributed by atoms with Gasteiger partial charge < -0.3 is 10.7 Å². The predicted molar refractivity (Wildman–Crippen MR) is 69.3 cm³/mol. The van der Waals surface area contributed by atoms with Crippen LogP contribution in [0.2, 0.25) is 5.02 Å². The molecular formula is C11H11ClFN5. The van der Waals surface area contributed by atoms with E-state index in [0.717, 1.165) is 0 Å². The summed E-state index contributed by atoms with van der Waals surface area (Å²) in [4.78, 5) is 7.95. The second-order valence-electron chi connectivity index (χ2n) is 3.56. The van der Waals surface area contributed by atoms with Gasteiger partial charge in [0.25, 0.3) is 0 Å². The van der Waals surface area contributed by atoms with E-state index in [1.807, 2.05) is 0 Å². The maximum atomic E-state index is 13.6. The van der Waals surface area contributed by atoms with E-state index >= 15 is 0 Å². The van der Waals surface area contributed by atoms with Crippen LogP contribution >= 0.6 is 11.6 Å². The summed E-state index contributed by atoms with van der Waals surface area (Å²) in [6.07, 6.45) is 1.32. The minimum absolute atomic E-state index is 0.170. The Kier molecular flexibility index (Phi) is 3.59. The van der Waals surface area contributed by atoms with Gasteiger partial charge in [0, 0.05) is 5.56 Å². The molecule has 0 aliphatic rings. The molecule has 1 aromatic heterocycles. The first-order valence-electron chi connectivity index (χ1n) is 5.12. The van der Waals surface area contributed by atoms with Crippen molar-refractivity contribution >= 4 is 28.9 Å². The largest absolute Gasteiger partial charge is 0.336 e. The molecule has 18 heavy (non-hydrogen) atoms. The van der Waals surface area contributed by atoms with Crippen LogP contribution in [0.5, 0.6) is 0 Å². The maximum Gasteiger partial charge on any atom is 0.148 e. The first kappa shape index (κ1) is 12.5. The Morgan fingerprint density at radius 1 is 1.28 bits per heavy atom. The lowest BCUT2D eigenvalue weighted by molar-refractivity contribution is 0.632. The monoisotopic (exact) mass is 267 g/mol. The zero-order chi connectivity index (χ0) is 13.1. The number of hydrogen-bond donors (Lipinski definition) is 3. The molecule has 1 heterocycles. The quantitative estimate of drug-likeness (QED) is 0.589. The van der Waals surface area contributed by atoms with Crippen molar-refractivity contribution < 1.29 is 4.39 Å². The van der Waals surface area contributed by atoms with Crippen LogP contribution in [0.15, 0.2) is 24.5 Å². The molecule has 0 spiro atoms. The van der Waals surface area contributed by atoms with Gasteiger partial charge in [0.1, 0.15) is 23.8 Å². The second kappa shape index (κ2) is 5.16. The molecule has 0 unspecified atom stereocenters. The first-order valence-corrected chi connectivity index (χ1v) is 5.50. The number of halogens is 2.